The van der Waals surface area contributed by atoms with Gasteiger partial charge in [-0.05, 0) is 102 Å². The summed E-state index contributed by atoms with van der Waals surface area (Å²) in [6.07, 6.45) is 1.49. The van der Waals surface area contributed by atoms with E-state index in [0.717, 1.165) is 26.4 Å². The van der Waals surface area contributed by atoms with Crippen molar-refractivity contribution in [2.24, 2.45) is 5.10 Å². The molecule has 0 saturated heterocycles. The van der Waals surface area contributed by atoms with E-state index < -0.39 is 22.5 Å². The number of hydrazone groups is 1. The van der Waals surface area contributed by atoms with Gasteiger partial charge >= 0.3 is 0 Å². The number of carbonyl (C=O) groups is 1. The molecule has 224 valence electrons. The average molecular weight is 608 g/mol. The Kier molecular flexibility index (Phi) is 9.56. The number of hydrogen-bond acceptors (Lipinski definition) is 6. The maximum atomic E-state index is 13.6. The zero-order chi connectivity index (χ0) is 30.9. The molecule has 44 heavy (non-hydrogen) atoms. The summed E-state index contributed by atoms with van der Waals surface area (Å²) in [6.45, 7) is 4.19. The second kappa shape index (κ2) is 13.9. The van der Waals surface area contributed by atoms with E-state index in [1.807, 2.05) is 50.2 Å². The summed E-state index contributed by atoms with van der Waals surface area (Å²) in [5.41, 5.74) is 5.58. The van der Waals surface area contributed by atoms with Crippen LogP contribution in [-0.2, 0) is 21.4 Å². The largest absolute Gasteiger partial charge is 0.494 e. The highest BCUT2D eigenvalue weighted by Crippen LogP contribution is 2.25. The monoisotopic (exact) mass is 607 g/mol. The average Bonchev–Trinajstić information content (AvgIpc) is 3.04. The summed E-state index contributed by atoms with van der Waals surface area (Å²) in [4.78, 5) is 12.9. The molecule has 0 heterocycles. The highest BCUT2D eigenvalue weighted by Gasteiger charge is 2.27. The highest BCUT2D eigenvalue weighted by atomic mass is 32.2. The Bertz CT molecular complexity index is 1850. The standard InChI is InChI=1S/C35H33N3O5S/c1-3-42-32-18-20-34(21-19-32)44(40,41)38(31-14-8-26(2)9-15-31)24-35(39)37-36-23-27-11-16-33(17-12-27)43-25-28-10-13-29-6-4-5-7-30(29)22-28/h4-23H,3,24-25H2,1-2H3,(H,37,39)/b36-23-. The van der Waals surface area contributed by atoms with Crippen molar-refractivity contribution >= 4 is 38.6 Å². The first kappa shape index (κ1) is 30.3. The Labute approximate surface area is 257 Å². The zero-order valence-electron chi connectivity index (χ0n) is 24.5. The van der Waals surface area contributed by atoms with Gasteiger partial charge in [-0.25, -0.2) is 13.8 Å². The molecule has 0 unspecified atom stereocenters. The van der Waals surface area contributed by atoms with E-state index in [-0.39, 0.29) is 4.90 Å². The third kappa shape index (κ3) is 7.62. The Morgan fingerprint density at radius 2 is 1.48 bits per heavy atom. The van der Waals surface area contributed by atoms with Gasteiger partial charge in [0, 0.05) is 0 Å². The van der Waals surface area contributed by atoms with Gasteiger partial charge in [0.1, 0.15) is 24.7 Å². The molecule has 8 nitrogen and oxygen atoms in total. The van der Waals surface area contributed by atoms with Crippen molar-refractivity contribution in [3.05, 3.63) is 132 Å². The molecule has 0 bridgehead atoms. The molecule has 0 fully saturated rings. The van der Waals surface area contributed by atoms with E-state index in [4.69, 9.17) is 9.47 Å². The number of nitrogens with one attached hydrogen (secondary N) is 1. The quantitative estimate of drug-likeness (QED) is 0.130. The molecule has 1 amide bonds. The predicted molar refractivity (Wildman–Crippen MR) is 174 cm³/mol. The third-order valence-electron chi connectivity index (χ3n) is 6.83. The van der Waals surface area contributed by atoms with Gasteiger partial charge in [0.2, 0.25) is 0 Å². The molecule has 0 aliphatic carbocycles. The summed E-state index contributed by atoms with van der Waals surface area (Å²) >= 11 is 0. The lowest BCUT2D eigenvalue weighted by molar-refractivity contribution is -0.119. The van der Waals surface area contributed by atoms with Crippen molar-refractivity contribution in [1.82, 2.24) is 5.43 Å². The number of ether oxygens (including phenoxy) is 2. The smallest absolute Gasteiger partial charge is 0.264 e. The Morgan fingerprint density at radius 3 is 2.18 bits per heavy atom. The van der Waals surface area contributed by atoms with Crippen molar-refractivity contribution in [3.63, 3.8) is 0 Å². The fourth-order valence-electron chi connectivity index (χ4n) is 4.52. The van der Waals surface area contributed by atoms with Crippen molar-refractivity contribution in [2.45, 2.75) is 25.3 Å². The zero-order valence-corrected chi connectivity index (χ0v) is 25.3. The first-order valence-electron chi connectivity index (χ1n) is 14.2. The highest BCUT2D eigenvalue weighted by molar-refractivity contribution is 7.92. The SMILES string of the molecule is CCOc1ccc(S(=O)(=O)N(CC(=O)N/N=C\c2ccc(OCc3ccc4ccccc4c3)cc2)c2ccc(C)cc2)cc1. The van der Waals surface area contributed by atoms with Crippen LogP contribution in [0.25, 0.3) is 10.8 Å². The number of carbonyl (C=O) groups excluding carboxylic acids is 1. The molecular weight excluding hydrogens is 574 g/mol. The molecular formula is C35H33N3O5S. The lowest BCUT2D eigenvalue weighted by Gasteiger charge is -2.24. The number of rotatable bonds is 12. The summed E-state index contributed by atoms with van der Waals surface area (Å²) in [5, 5.41) is 6.39. The first-order chi connectivity index (χ1) is 21.3. The van der Waals surface area contributed by atoms with Crippen molar-refractivity contribution in [1.29, 1.82) is 0 Å². The van der Waals surface area contributed by atoms with Crippen LogP contribution in [-0.4, -0.2) is 33.7 Å². The van der Waals surface area contributed by atoms with Crippen LogP contribution in [0.1, 0.15) is 23.6 Å². The van der Waals surface area contributed by atoms with Gasteiger partial charge in [-0.3, -0.25) is 9.10 Å². The van der Waals surface area contributed by atoms with Gasteiger partial charge in [-0.2, -0.15) is 5.10 Å². The number of hydrogen-bond donors (Lipinski definition) is 1. The molecule has 0 radical (unpaired) electrons. The van der Waals surface area contributed by atoms with Crippen LogP contribution in [0.4, 0.5) is 5.69 Å². The number of amides is 1. The van der Waals surface area contributed by atoms with Crippen LogP contribution in [0.2, 0.25) is 0 Å². The number of nitrogens with zero attached hydrogens (tertiary/aromatic N) is 2. The fourth-order valence-corrected chi connectivity index (χ4v) is 5.94. The minimum atomic E-state index is -4.06. The van der Waals surface area contributed by atoms with Crippen LogP contribution in [0.15, 0.2) is 125 Å². The Hall–Kier alpha value is -5.15. The molecule has 5 aromatic rings. The Morgan fingerprint density at radius 1 is 0.818 bits per heavy atom. The van der Waals surface area contributed by atoms with Crippen LogP contribution in [0.5, 0.6) is 11.5 Å². The Balaban J connectivity index is 1.21. The van der Waals surface area contributed by atoms with Crippen LogP contribution >= 0.6 is 0 Å². The number of sulfonamides is 1. The molecule has 0 spiro atoms. The molecule has 9 heteroatoms. The summed E-state index contributed by atoms with van der Waals surface area (Å²) in [7, 11) is -4.06. The summed E-state index contributed by atoms with van der Waals surface area (Å²) < 4.78 is 39.6. The van der Waals surface area contributed by atoms with Crippen LogP contribution in [0, 0.1) is 6.92 Å². The summed E-state index contributed by atoms with van der Waals surface area (Å²) in [6, 6.07) is 34.8. The number of anilines is 1. The summed E-state index contributed by atoms with van der Waals surface area (Å²) in [5.74, 6) is 0.671. The molecule has 0 saturated carbocycles. The minimum Gasteiger partial charge on any atom is -0.494 e. The van der Waals surface area contributed by atoms with Gasteiger partial charge < -0.3 is 9.47 Å². The van der Waals surface area contributed by atoms with Crippen LogP contribution in [0.3, 0.4) is 0 Å². The lowest BCUT2D eigenvalue weighted by Crippen LogP contribution is -2.39. The lowest BCUT2D eigenvalue weighted by atomic mass is 10.1. The van der Waals surface area contributed by atoms with Crippen molar-refractivity contribution in [3.8, 4) is 11.5 Å². The van der Waals surface area contributed by atoms with E-state index >= 15 is 0 Å². The van der Waals surface area contributed by atoms with Gasteiger partial charge in [0.15, 0.2) is 0 Å². The maximum Gasteiger partial charge on any atom is 0.264 e. The first-order valence-corrected chi connectivity index (χ1v) is 15.6. The number of benzene rings is 5. The van der Waals surface area contributed by atoms with Gasteiger partial charge in [-0.15, -0.1) is 0 Å². The van der Waals surface area contributed by atoms with Gasteiger partial charge in [0.05, 0.1) is 23.4 Å². The van der Waals surface area contributed by atoms with Gasteiger partial charge in [-0.1, -0.05) is 54.1 Å². The van der Waals surface area contributed by atoms with E-state index in [1.54, 1.807) is 36.4 Å². The third-order valence-corrected chi connectivity index (χ3v) is 8.62. The molecule has 5 rings (SSSR count). The van der Waals surface area contributed by atoms with Crippen LogP contribution < -0.4 is 19.2 Å². The predicted octanol–water partition coefficient (Wildman–Crippen LogP) is 6.47. The van der Waals surface area contributed by atoms with Crippen molar-refractivity contribution < 1.29 is 22.7 Å². The topological polar surface area (TPSA) is 97.3 Å². The van der Waals surface area contributed by atoms with E-state index in [2.05, 4.69) is 40.9 Å². The molecule has 5 aromatic carbocycles. The molecule has 0 aromatic heterocycles. The second-order valence-electron chi connectivity index (χ2n) is 10.1. The number of aryl methyl sites for hydroxylation is 1. The molecule has 1 N–H and O–H groups in total. The van der Waals surface area contributed by atoms with E-state index in [0.29, 0.717) is 30.4 Å². The second-order valence-corrected chi connectivity index (χ2v) is 11.9. The maximum absolute atomic E-state index is 13.6. The minimum absolute atomic E-state index is 0.0424. The molecule has 0 atom stereocenters. The fraction of sp³-hybridized carbons (Fsp3) is 0.143. The van der Waals surface area contributed by atoms with Gasteiger partial charge in [0.25, 0.3) is 15.9 Å². The van der Waals surface area contributed by atoms with E-state index in [1.165, 1.54) is 23.7 Å². The molecule has 0 aliphatic rings. The van der Waals surface area contributed by atoms with Crippen molar-refractivity contribution in [2.75, 3.05) is 17.5 Å². The number of fused-ring (bicyclic) bond motifs is 1. The van der Waals surface area contributed by atoms with E-state index in [9.17, 15) is 13.2 Å². The molecule has 0 aliphatic heterocycles. The normalized spacial score (nSPS) is 11.4.